The molecule has 0 radical (unpaired) electrons. The van der Waals surface area contributed by atoms with E-state index in [1.165, 1.54) is 6.07 Å². The van der Waals surface area contributed by atoms with Gasteiger partial charge in [-0.3, -0.25) is 4.79 Å². The van der Waals surface area contributed by atoms with E-state index in [4.69, 9.17) is 0 Å². The fraction of sp³-hybridized carbons (Fsp3) is 0.312. The number of hydrogen-bond acceptors (Lipinski definition) is 2. The van der Waals surface area contributed by atoms with Gasteiger partial charge in [0.05, 0.1) is 6.42 Å². The molecule has 0 N–H and O–H groups in total. The van der Waals surface area contributed by atoms with Gasteiger partial charge in [-0.15, -0.1) is 0 Å². The second kappa shape index (κ2) is 5.83. The number of rotatable bonds is 2. The number of thioether (sulfide) groups is 1. The van der Waals surface area contributed by atoms with Crippen molar-refractivity contribution in [1.29, 1.82) is 0 Å². The molecule has 0 aromatic heterocycles. The number of benzene rings is 2. The maximum Gasteiger partial charge on any atom is 0.227 e. The van der Waals surface area contributed by atoms with Crippen LogP contribution in [0.15, 0.2) is 36.4 Å². The molecular weight excluding hydrogens is 273 g/mol. The van der Waals surface area contributed by atoms with Crippen molar-refractivity contribution >= 4 is 28.4 Å². The highest BCUT2D eigenvalue weighted by molar-refractivity contribution is 7.99. The molecule has 2 aromatic rings. The standard InChI is InChI=1S/C16H16FNOS/c17-15-6-5-12(13-3-1-2-4-14(13)15)11-16(19)18-7-9-20-10-8-18/h1-6H,7-11H2. The second-order valence-corrected chi connectivity index (χ2v) is 6.15. The molecule has 3 rings (SSSR count). The molecule has 0 aliphatic carbocycles. The third kappa shape index (κ3) is 2.66. The van der Waals surface area contributed by atoms with Gasteiger partial charge in [0.25, 0.3) is 0 Å². The minimum Gasteiger partial charge on any atom is -0.341 e. The number of amides is 1. The molecule has 2 aromatic carbocycles. The molecule has 1 amide bonds. The highest BCUT2D eigenvalue weighted by atomic mass is 32.2. The summed E-state index contributed by atoms with van der Waals surface area (Å²) in [6, 6.07) is 10.5. The molecule has 0 unspecified atom stereocenters. The lowest BCUT2D eigenvalue weighted by atomic mass is 10.0. The van der Waals surface area contributed by atoms with Crippen molar-refractivity contribution in [3.05, 3.63) is 47.8 Å². The third-order valence-electron chi connectivity index (χ3n) is 3.67. The second-order valence-electron chi connectivity index (χ2n) is 4.92. The van der Waals surface area contributed by atoms with E-state index < -0.39 is 0 Å². The predicted molar refractivity (Wildman–Crippen MR) is 81.5 cm³/mol. The average molecular weight is 289 g/mol. The van der Waals surface area contributed by atoms with Crippen LogP contribution in [0.4, 0.5) is 4.39 Å². The largest absolute Gasteiger partial charge is 0.341 e. The predicted octanol–water partition coefficient (Wildman–Crippen LogP) is 3.10. The van der Waals surface area contributed by atoms with Crippen LogP contribution in [0.2, 0.25) is 0 Å². The minimum absolute atomic E-state index is 0.141. The van der Waals surface area contributed by atoms with Gasteiger partial charge in [-0.05, 0) is 17.0 Å². The van der Waals surface area contributed by atoms with Crippen LogP contribution in [-0.4, -0.2) is 35.4 Å². The van der Waals surface area contributed by atoms with Crippen molar-refractivity contribution in [3.63, 3.8) is 0 Å². The number of carbonyl (C=O) groups excluding carboxylic acids is 1. The Kier molecular flexibility index (Phi) is 3.92. The van der Waals surface area contributed by atoms with Crippen LogP contribution >= 0.6 is 11.8 Å². The zero-order valence-corrected chi connectivity index (χ0v) is 12.0. The van der Waals surface area contributed by atoms with Gasteiger partial charge in [-0.2, -0.15) is 11.8 Å². The molecule has 0 bridgehead atoms. The summed E-state index contributed by atoms with van der Waals surface area (Å²) >= 11 is 1.88. The molecule has 0 saturated carbocycles. The lowest BCUT2D eigenvalue weighted by Gasteiger charge is -2.26. The minimum atomic E-state index is -0.230. The van der Waals surface area contributed by atoms with E-state index in [1.807, 2.05) is 34.9 Å². The average Bonchev–Trinajstić information content (AvgIpc) is 2.51. The van der Waals surface area contributed by atoms with Gasteiger partial charge in [-0.1, -0.05) is 30.3 Å². The van der Waals surface area contributed by atoms with Crippen LogP contribution in [0.5, 0.6) is 0 Å². The van der Waals surface area contributed by atoms with Crippen molar-refractivity contribution < 1.29 is 9.18 Å². The Balaban J connectivity index is 1.87. The summed E-state index contributed by atoms with van der Waals surface area (Å²) in [6.07, 6.45) is 0.353. The highest BCUT2D eigenvalue weighted by Gasteiger charge is 2.18. The van der Waals surface area contributed by atoms with Gasteiger partial charge in [0.1, 0.15) is 5.82 Å². The monoisotopic (exact) mass is 289 g/mol. The van der Waals surface area contributed by atoms with Crippen molar-refractivity contribution in [2.24, 2.45) is 0 Å². The van der Waals surface area contributed by atoms with E-state index in [2.05, 4.69) is 0 Å². The maximum atomic E-state index is 13.8. The Morgan fingerprint density at radius 1 is 1.10 bits per heavy atom. The van der Waals surface area contributed by atoms with Crippen LogP contribution in [0.1, 0.15) is 5.56 Å². The Morgan fingerprint density at radius 2 is 1.80 bits per heavy atom. The van der Waals surface area contributed by atoms with E-state index in [1.54, 1.807) is 12.1 Å². The van der Waals surface area contributed by atoms with Gasteiger partial charge in [-0.25, -0.2) is 4.39 Å². The number of fused-ring (bicyclic) bond motifs is 1. The van der Waals surface area contributed by atoms with Gasteiger partial charge < -0.3 is 4.90 Å². The summed E-state index contributed by atoms with van der Waals surface area (Å²) < 4.78 is 13.8. The molecule has 1 aliphatic rings. The maximum absolute atomic E-state index is 13.8. The molecule has 2 nitrogen and oxygen atoms in total. The molecular formula is C16H16FNOS. The molecule has 1 fully saturated rings. The van der Waals surface area contributed by atoms with Crippen molar-refractivity contribution in [1.82, 2.24) is 4.90 Å². The van der Waals surface area contributed by atoms with E-state index in [0.717, 1.165) is 35.5 Å². The fourth-order valence-corrected chi connectivity index (χ4v) is 3.47. The van der Waals surface area contributed by atoms with Crippen molar-refractivity contribution in [2.75, 3.05) is 24.6 Å². The normalized spacial score (nSPS) is 15.6. The smallest absolute Gasteiger partial charge is 0.227 e. The van der Waals surface area contributed by atoms with Crippen LogP contribution in [-0.2, 0) is 11.2 Å². The lowest BCUT2D eigenvalue weighted by molar-refractivity contribution is -0.130. The van der Waals surface area contributed by atoms with Crippen molar-refractivity contribution in [3.8, 4) is 0 Å². The fourth-order valence-electron chi connectivity index (χ4n) is 2.57. The van der Waals surface area contributed by atoms with Gasteiger partial charge in [0, 0.05) is 30.0 Å². The summed E-state index contributed by atoms with van der Waals surface area (Å²) in [7, 11) is 0. The zero-order chi connectivity index (χ0) is 13.9. The third-order valence-corrected chi connectivity index (χ3v) is 4.61. The Hall–Kier alpha value is -1.55. The van der Waals surface area contributed by atoms with E-state index in [9.17, 15) is 9.18 Å². The molecule has 1 heterocycles. The number of hydrogen-bond donors (Lipinski definition) is 0. The molecule has 0 spiro atoms. The summed E-state index contributed by atoms with van der Waals surface area (Å²) in [5.41, 5.74) is 0.908. The van der Waals surface area contributed by atoms with Gasteiger partial charge in [0.2, 0.25) is 5.91 Å². The molecule has 0 atom stereocenters. The van der Waals surface area contributed by atoms with Crippen molar-refractivity contribution in [2.45, 2.75) is 6.42 Å². The van der Waals surface area contributed by atoms with Gasteiger partial charge >= 0.3 is 0 Å². The first kappa shape index (κ1) is 13.4. The van der Waals surface area contributed by atoms with Gasteiger partial charge in [0.15, 0.2) is 0 Å². The number of carbonyl (C=O) groups is 1. The topological polar surface area (TPSA) is 20.3 Å². The summed E-state index contributed by atoms with van der Waals surface area (Å²) in [5.74, 6) is 1.93. The van der Waals surface area contributed by atoms with E-state index in [0.29, 0.717) is 11.8 Å². The lowest BCUT2D eigenvalue weighted by Crippen LogP contribution is -2.38. The van der Waals surface area contributed by atoms with Crippen LogP contribution < -0.4 is 0 Å². The zero-order valence-electron chi connectivity index (χ0n) is 11.1. The Morgan fingerprint density at radius 3 is 2.55 bits per heavy atom. The first-order chi connectivity index (χ1) is 9.75. The first-order valence-corrected chi connectivity index (χ1v) is 7.93. The molecule has 20 heavy (non-hydrogen) atoms. The Bertz CT molecular complexity index is 637. The molecule has 1 saturated heterocycles. The van der Waals surface area contributed by atoms with E-state index in [-0.39, 0.29) is 11.7 Å². The summed E-state index contributed by atoms with van der Waals surface area (Å²) in [4.78, 5) is 14.2. The summed E-state index contributed by atoms with van der Waals surface area (Å²) in [6.45, 7) is 1.64. The van der Waals surface area contributed by atoms with Crippen LogP contribution in [0.3, 0.4) is 0 Å². The number of halogens is 1. The molecule has 104 valence electrons. The van der Waals surface area contributed by atoms with Crippen LogP contribution in [0, 0.1) is 5.82 Å². The van der Waals surface area contributed by atoms with E-state index >= 15 is 0 Å². The Labute approximate surface area is 122 Å². The van der Waals surface area contributed by atoms with Crippen LogP contribution in [0.25, 0.3) is 10.8 Å². The SMILES string of the molecule is O=C(Cc1ccc(F)c2ccccc12)N1CCSCC1. The number of nitrogens with zero attached hydrogens (tertiary/aromatic N) is 1. The molecule has 1 aliphatic heterocycles. The first-order valence-electron chi connectivity index (χ1n) is 6.77. The molecule has 4 heteroatoms. The summed E-state index contributed by atoms with van der Waals surface area (Å²) in [5, 5.41) is 1.43. The quantitative estimate of drug-likeness (QED) is 0.846. The highest BCUT2D eigenvalue weighted by Crippen LogP contribution is 2.23.